The summed E-state index contributed by atoms with van der Waals surface area (Å²) in [5, 5.41) is 4.22. The molecular weight excluding hydrogens is 440 g/mol. The number of carbonyl (C=O) groups excluding carboxylic acids is 2. The van der Waals surface area contributed by atoms with Gasteiger partial charge in [0, 0.05) is 76.5 Å². The molecule has 182 valence electrons. The molecule has 0 N–H and O–H groups in total. The minimum atomic E-state index is -0.0433. The zero-order chi connectivity index (χ0) is 24.4. The summed E-state index contributed by atoms with van der Waals surface area (Å²) in [6.45, 7) is 4.12. The van der Waals surface area contributed by atoms with Crippen molar-refractivity contribution in [1.29, 1.82) is 0 Å². The van der Waals surface area contributed by atoms with Crippen LogP contribution in [0.2, 0.25) is 0 Å². The van der Waals surface area contributed by atoms with E-state index in [2.05, 4.69) is 21.0 Å². The number of hydrogen-bond donors (Lipinski definition) is 0. The van der Waals surface area contributed by atoms with E-state index in [9.17, 15) is 9.59 Å². The minimum absolute atomic E-state index is 0.0227. The van der Waals surface area contributed by atoms with Crippen molar-refractivity contribution in [3.05, 3.63) is 77.9 Å². The van der Waals surface area contributed by atoms with Crippen LogP contribution in [0.5, 0.6) is 0 Å². The van der Waals surface area contributed by atoms with Crippen molar-refractivity contribution < 1.29 is 9.59 Å². The molecule has 2 aromatic heterocycles. The minimum Gasteiger partial charge on any atom is -0.331 e. The standard InChI is InChI=1S/C27H32N6O2/c1-20(34)32-15-12-23-9-10-24(33(23)17-21-6-5-13-28-16-21)19-31(18-22-7-3-4-8-25(22)32)27(35)26-11-14-29-30(26)2/h3-8,11,13-14,16,23-24H,9-10,12,15,17-19H2,1-2H3. The van der Waals surface area contributed by atoms with Crippen molar-refractivity contribution in [3.63, 3.8) is 0 Å². The van der Waals surface area contributed by atoms with E-state index >= 15 is 0 Å². The summed E-state index contributed by atoms with van der Waals surface area (Å²) in [5.74, 6) is -0.0206. The molecule has 3 aromatic rings. The molecule has 0 saturated carbocycles. The monoisotopic (exact) mass is 472 g/mol. The Kier molecular flexibility index (Phi) is 6.63. The van der Waals surface area contributed by atoms with E-state index in [4.69, 9.17) is 0 Å². The van der Waals surface area contributed by atoms with E-state index in [1.54, 1.807) is 37.1 Å². The summed E-state index contributed by atoms with van der Waals surface area (Å²) in [6.07, 6.45) is 8.32. The topological polar surface area (TPSA) is 74.6 Å². The van der Waals surface area contributed by atoms with Crippen LogP contribution in [0, 0.1) is 0 Å². The molecule has 2 unspecified atom stereocenters. The lowest BCUT2D eigenvalue weighted by Gasteiger charge is -2.33. The van der Waals surface area contributed by atoms with Gasteiger partial charge >= 0.3 is 0 Å². The fourth-order valence-corrected chi connectivity index (χ4v) is 5.54. The van der Waals surface area contributed by atoms with Gasteiger partial charge in [0.2, 0.25) is 5.91 Å². The highest BCUT2D eigenvalue weighted by atomic mass is 16.2. The summed E-state index contributed by atoms with van der Waals surface area (Å²) in [4.78, 5) is 37.1. The molecule has 4 heterocycles. The number of aromatic nitrogens is 3. The van der Waals surface area contributed by atoms with Crippen LogP contribution in [0.1, 0.15) is 47.8 Å². The van der Waals surface area contributed by atoms with Gasteiger partial charge in [0.1, 0.15) is 5.69 Å². The summed E-state index contributed by atoms with van der Waals surface area (Å²) in [7, 11) is 1.80. The van der Waals surface area contributed by atoms with E-state index in [-0.39, 0.29) is 17.9 Å². The van der Waals surface area contributed by atoms with Crippen LogP contribution >= 0.6 is 0 Å². The van der Waals surface area contributed by atoms with Crippen molar-refractivity contribution in [2.45, 2.75) is 51.4 Å². The Hall–Kier alpha value is -3.52. The lowest BCUT2D eigenvalue weighted by molar-refractivity contribution is -0.116. The number of amides is 2. The van der Waals surface area contributed by atoms with Crippen molar-refractivity contribution in [2.75, 3.05) is 18.0 Å². The van der Waals surface area contributed by atoms with Gasteiger partial charge in [0.05, 0.1) is 0 Å². The van der Waals surface area contributed by atoms with Gasteiger partial charge in [-0.05, 0) is 48.6 Å². The molecule has 2 amide bonds. The van der Waals surface area contributed by atoms with Crippen LogP contribution in [0.25, 0.3) is 0 Å². The van der Waals surface area contributed by atoms with Crippen molar-refractivity contribution >= 4 is 17.5 Å². The van der Waals surface area contributed by atoms with Crippen LogP contribution in [-0.2, 0) is 24.9 Å². The van der Waals surface area contributed by atoms with E-state index in [1.165, 1.54) is 0 Å². The van der Waals surface area contributed by atoms with Crippen molar-refractivity contribution in [2.24, 2.45) is 7.05 Å². The SMILES string of the molecule is CC(=O)N1CCC2CCC(CN(C(=O)c3ccnn3C)Cc3ccccc31)N2Cc1cccnc1. The number of para-hydroxylation sites is 1. The molecule has 2 aliphatic heterocycles. The van der Waals surface area contributed by atoms with Crippen molar-refractivity contribution in [3.8, 4) is 0 Å². The molecule has 2 atom stereocenters. The van der Waals surface area contributed by atoms with E-state index in [0.29, 0.717) is 31.4 Å². The number of hydrogen-bond acceptors (Lipinski definition) is 5. The van der Waals surface area contributed by atoms with Gasteiger partial charge in [-0.1, -0.05) is 24.3 Å². The third-order valence-electron chi connectivity index (χ3n) is 7.33. The van der Waals surface area contributed by atoms with Gasteiger partial charge in [0.25, 0.3) is 5.91 Å². The fourth-order valence-electron chi connectivity index (χ4n) is 5.54. The molecule has 1 saturated heterocycles. The van der Waals surface area contributed by atoms with Crippen LogP contribution in [-0.4, -0.2) is 61.6 Å². The van der Waals surface area contributed by atoms with Gasteiger partial charge in [-0.25, -0.2) is 0 Å². The van der Waals surface area contributed by atoms with E-state index < -0.39 is 0 Å². The molecule has 0 aliphatic carbocycles. The number of aryl methyl sites for hydroxylation is 1. The quantitative estimate of drug-likeness (QED) is 0.585. The molecule has 5 rings (SSSR count). The second-order valence-electron chi connectivity index (χ2n) is 9.53. The van der Waals surface area contributed by atoms with Gasteiger partial charge < -0.3 is 9.80 Å². The number of carbonyl (C=O) groups is 2. The Labute approximate surface area is 206 Å². The summed E-state index contributed by atoms with van der Waals surface area (Å²) in [5.41, 5.74) is 3.60. The lowest BCUT2D eigenvalue weighted by Crippen LogP contribution is -2.45. The Morgan fingerprint density at radius 1 is 1.00 bits per heavy atom. The Morgan fingerprint density at radius 2 is 1.83 bits per heavy atom. The number of rotatable bonds is 3. The zero-order valence-corrected chi connectivity index (χ0v) is 20.4. The average Bonchev–Trinajstić information content (AvgIpc) is 3.44. The highest BCUT2D eigenvalue weighted by Gasteiger charge is 2.37. The normalized spacial score (nSPS) is 20.9. The molecule has 8 nitrogen and oxygen atoms in total. The molecule has 2 aliphatic rings. The summed E-state index contributed by atoms with van der Waals surface area (Å²) in [6, 6.07) is 14.4. The number of pyridine rings is 1. The van der Waals surface area contributed by atoms with Gasteiger partial charge in [0.15, 0.2) is 0 Å². The van der Waals surface area contributed by atoms with Crippen molar-refractivity contribution in [1.82, 2.24) is 24.6 Å². The first-order valence-corrected chi connectivity index (χ1v) is 12.3. The lowest BCUT2D eigenvalue weighted by atomic mass is 10.1. The molecule has 2 bridgehead atoms. The summed E-state index contributed by atoms with van der Waals surface area (Å²) >= 11 is 0. The molecular formula is C27H32N6O2. The van der Waals surface area contributed by atoms with Crippen LogP contribution in [0.4, 0.5) is 5.69 Å². The average molecular weight is 473 g/mol. The zero-order valence-electron chi connectivity index (χ0n) is 20.4. The van der Waals surface area contributed by atoms with Crippen LogP contribution in [0.15, 0.2) is 61.1 Å². The predicted octanol–water partition coefficient (Wildman–Crippen LogP) is 3.25. The van der Waals surface area contributed by atoms with Gasteiger partial charge in [-0.15, -0.1) is 0 Å². The van der Waals surface area contributed by atoms with Gasteiger partial charge in [-0.2, -0.15) is 5.10 Å². The number of fused-ring (bicyclic) bond motifs is 3. The maximum atomic E-state index is 13.8. The molecule has 1 fully saturated rings. The van der Waals surface area contributed by atoms with E-state index in [1.807, 2.05) is 46.3 Å². The predicted molar refractivity (Wildman–Crippen MR) is 134 cm³/mol. The molecule has 1 aromatic carbocycles. The maximum absolute atomic E-state index is 13.8. The van der Waals surface area contributed by atoms with Crippen LogP contribution < -0.4 is 4.90 Å². The Bertz CT molecular complexity index is 1190. The molecule has 0 spiro atoms. The van der Waals surface area contributed by atoms with Gasteiger partial charge in [-0.3, -0.25) is 24.2 Å². The molecule has 35 heavy (non-hydrogen) atoms. The number of nitrogens with zero attached hydrogens (tertiary/aromatic N) is 6. The first kappa shape index (κ1) is 23.2. The largest absolute Gasteiger partial charge is 0.331 e. The smallest absolute Gasteiger partial charge is 0.272 e. The highest BCUT2D eigenvalue weighted by Crippen LogP contribution is 2.32. The maximum Gasteiger partial charge on any atom is 0.272 e. The number of benzene rings is 1. The third-order valence-corrected chi connectivity index (χ3v) is 7.33. The summed E-state index contributed by atoms with van der Waals surface area (Å²) < 4.78 is 1.63. The first-order valence-electron chi connectivity index (χ1n) is 12.3. The molecule has 0 radical (unpaired) electrons. The van der Waals surface area contributed by atoms with Crippen LogP contribution in [0.3, 0.4) is 0 Å². The second-order valence-corrected chi connectivity index (χ2v) is 9.53. The molecule has 8 heteroatoms. The highest BCUT2D eigenvalue weighted by molar-refractivity contribution is 5.94. The second kappa shape index (κ2) is 10.00. The van der Waals surface area contributed by atoms with E-state index in [0.717, 1.165) is 42.6 Å². The number of anilines is 1. The third kappa shape index (κ3) is 4.84. The Morgan fingerprint density at radius 3 is 2.57 bits per heavy atom. The first-order chi connectivity index (χ1) is 17.0. The Balaban J connectivity index is 1.54. The fraction of sp³-hybridized carbons (Fsp3) is 0.407.